The monoisotopic (exact) mass is 388 g/mol. The van der Waals surface area contributed by atoms with E-state index in [1.54, 1.807) is 35.6 Å². The SMILES string of the molecule is CCOC(=O)c1nc(C(=O)N(C)Cc2cc(Br)cs2)cs1. The molecule has 0 spiro atoms. The molecule has 2 aromatic rings. The van der Waals surface area contributed by atoms with Gasteiger partial charge in [-0.1, -0.05) is 0 Å². The van der Waals surface area contributed by atoms with Crippen molar-refractivity contribution in [2.24, 2.45) is 0 Å². The van der Waals surface area contributed by atoms with Gasteiger partial charge in [0.1, 0.15) is 5.69 Å². The molecule has 1 amide bonds. The van der Waals surface area contributed by atoms with Gasteiger partial charge in [-0.05, 0) is 28.9 Å². The van der Waals surface area contributed by atoms with Crippen LogP contribution in [0.15, 0.2) is 21.3 Å². The first-order valence-electron chi connectivity index (χ1n) is 6.12. The highest BCUT2D eigenvalue weighted by molar-refractivity contribution is 9.10. The predicted molar refractivity (Wildman–Crippen MR) is 85.9 cm³/mol. The van der Waals surface area contributed by atoms with E-state index < -0.39 is 5.97 Å². The van der Waals surface area contributed by atoms with Gasteiger partial charge in [-0.2, -0.15) is 0 Å². The first kappa shape index (κ1) is 16.1. The maximum Gasteiger partial charge on any atom is 0.367 e. The molecule has 0 aliphatic rings. The number of halogens is 1. The molecule has 21 heavy (non-hydrogen) atoms. The van der Waals surface area contributed by atoms with Gasteiger partial charge in [0, 0.05) is 27.2 Å². The minimum Gasteiger partial charge on any atom is -0.461 e. The van der Waals surface area contributed by atoms with Crippen molar-refractivity contribution in [3.8, 4) is 0 Å². The number of carbonyl (C=O) groups is 2. The zero-order chi connectivity index (χ0) is 15.4. The lowest BCUT2D eigenvalue weighted by Crippen LogP contribution is -2.26. The van der Waals surface area contributed by atoms with Gasteiger partial charge in [-0.15, -0.1) is 22.7 Å². The number of aromatic nitrogens is 1. The largest absolute Gasteiger partial charge is 0.461 e. The molecule has 2 heterocycles. The minimum absolute atomic E-state index is 0.201. The molecule has 2 rings (SSSR count). The van der Waals surface area contributed by atoms with Gasteiger partial charge in [0.25, 0.3) is 5.91 Å². The maximum atomic E-state index is 12.3. The van der Waals surface area contributed by atoms with Crippen molar-refractivity contribution >= 4 is 50.5 Å². The molecule has 8 heteroatoms. The number of hydrogen-bond acceptors (Lipinski definition) is 6. The summed E-state index contributed by atoms with van der Waals surface area (Å²) >= 11 is 6.07. The summed E-state index contributed by atoms with van der Waals surface area (Å²) < 4.78 is 5.86. The van der Waals surface area contributed by atoms with Gasteiger partial charge in [0.2, 0.25) is 5.01 Å². The Kier molecular flexibility index (Phi) is 5.49. The fourth-order valence-electron chi connectivity index (χ4n) is 1.60. The van der Waals surface area contributed by atoms with E-state index in [0.29, 0.717) is 6.54 Å². The van der Waals surface area contributed by atoms with Crippen LogP contribution in [0.4, 0.5) is 0 Å². The number of thiophene rings is 1. The number of rotatable bonds is 5. The second-order valence-corrected chi connectivity index (χ2v) is 6.92. The van der Waals surface area contributed by atoms with Crippen LogP contribution in [-0.4, -0.2) is 35.4 Å². The quantitative estimate of drug-likeness (QED) is 0.736. The molecule has 2 aromatic heterocycles. The standard InChI is InChI=1S/C13H13BrN2O3S2/c1-3-19-13(18)11-15-10(7-21-11)12(17)16(2)5-9-4-8(14)6-20-9/h4,6-7H,3,5H2,1-2H3. The maximum absolute atomic E-state index is 12.3. The summed E-state index contributed by atoms with van der Waals surface area (Å²) in [5.41, 5.74) is 0.265. The van der Waals surface area contributed by atoms with Crippen molar-refractivity contribution in [2.45, 2.75) is 13.5 Å². The zero-order valence-corrected chi connectivity index (χ0v) is 14.7. The van der Waals surface area contributed by atoms with Gasteiger partial charge in [-0.3, -0.25) is 4.79 Å². The molecule has 0 unspecified atom stereocenters. The van der Waals surface area contributed by atoms with Crippen LogP contribution in [0.3, 0.4) is 0 Å². The van der Waals surface area contributed by atoms with E-state index >= 15 is 0 Å². The Morgan fingerprint density at radius 3 is 2.76 bits per heavy atom. The highest BCUT2D eigenvalue weighted by atomic mass is 79.9. The molecule has 0 aliphatic carbocycles. The summed E-state index contributed by atoms with van der Waals surface area (Å²) in [5.74, 6) is -0.710. The molecule has 0 radical (unpaired) electrons. The summed E-state index contributed by atoms with van der Waals surface area (Å²) in [6.07, 6.45) is 0. The second kappa shape index (κ2) is 7.15. The van der Waals surface area contributed by atoms with Crippen molar-refractivity contribution in [2.75, 3.05) is 13.7 Å². The van der Waals surface area contributed by atoms with Crippen molar-refractivity contribution in [3.05, 3.63) is 36.9 Å². The van der Waals surface area contributed by atoms with E-state index in [4.69, 9.17) is 4.74 Å². The minimum atomic E-state index is -0.494. The fourth-order valence-corrected chi connectivity index (χ4v) is 3.78. The first-order chi connectivity index (χ1) is 10.0. The van der Waals surface area contributed by atoms with E-state index in [0.717, 1.165) is 20.7 Å². The molecule has 0 fully saturated rings. The number of thiazole rings is 1. The van der Waals surface area contributed by atoms with Crippen molar-refractivity contribution in [3.63, 3.8) is 0 Å². The molecule has 0 saturated heterocycles. The van der Waals surface area contributed by atoms with E-state index in [1.165, 1.54) is 0 Å². The van der Waals surface area contributed by atoms with Gasteiger partial charge in [0.15, 0.2) is 0 Å². The number of amides is 1. The van der Waals surface area contributed by atoms with Crippen molar-refractivity contribution in [1.82, 2.24) is 9.88 Å². The van der Waals surface area contributed by atoms with Crippen molar-refractivity contribution in [1.29, 1.82) is 0 Å². The Morgan fingerprint density at radius 2 is 2.14 bits per heavy atom. The Morgan fingerprint density at radius 1 is 1.38 bits per heavy atom. The smallest absolute Gasteiger partial charge is 0.367 e. The van der Waals surface area contributed by atoms with E-state index in [2.05, 4.69) is 20.9 Å². The van der Waals surface area contributed by atoms with Gasteiger partial charge in [-0.25, -0.2) is 9.78 Å². The molecule has 0 atom stereocenters. The van der Waals surface area contributed by atoms with Crippen LogP contribution in [0.5, 0.6) is 0 Å². The molecule has 0 N–H and O–H groups in total. The predicted octanol–water partition coefficient (Wildman–Crippen LogP) is 3.42. The van der Waals surface area contributed by atoms with Gasteiger partial charge >= 0.3 is 5.97 Å². The summed E-state index contributed by atoms with van der Waals surface area (Å²) in [5, 5.41) is 3.75. The molecule has 5 nitrogen and oxygen atoms in total. The van der Waals surface area contributed by atoms with Crippen molar-refractivity contribution < 1.29 is 14.3 Å². The van der Waals surface area contributed by atoms with Crippen LogP contribution in [-0.2, 0) is 11.3 Å². The lowest BCUT2D eigenvalue weighted by Gasteiger charge is -2.14. The summed E-state index contributed by atoms with van der Waals surface area (Å²) in [7, 11) is 1.71. The number of carbonyl (C=O) groups excluding carboxylic acids is 2. The summed E-state index contributed by atoms with van der Waals surface area (Å²) in [6.45, 7) is 2.51. The lowest BCUT2D eigenvalue weighted by atomic mass is 10.3. The van der Waals surface area contributed by atoms with Crippen LogP contribution in [0.2, 0.25) is 0 Å². The summed E-state index contributed by atoms with van der Waals surface area (Å²) in [4.78, 5) is 30.5. The third-order valence-corrected chi connectivity index (χ3v) is 5.04. The van der Waals surface area contributed by atoms with Gasteiger partial charge < -0.3 is 9.64 Å². The van der Waals surface area contributed by atoms with Gasteiger partial charge in [0.05, 0.1) is 13.2 Å². The Balaban J connectivity index is 2.04. The zero-order valence-electron chi connectivity index (χ0n) is 11.5. The molecule has 112 valence electrons. The van der Waals surface area contributed by atoms with E-state index in [-0.39, 0.29) is 23.2 Å². The molecular formula is C13H13BrN2O3S2. The Hall–Kier alpha value is -1.25. The molecule has 0 aromatic carbocycles. The molecule has 0 saturated carbocycles. The molecular weight excluding hydrogens is 376 g/mol. The van der Waals surface area contributed by atoms with E-state index in [1.807, 2.05) is 11.4 Å². The van der Waals surface area contributed by atoms with Crippen LogP contribution in [0.25, 0.3) is 0 Å². The summed E-state index contributed by atoms with van der Waals surface area (Å²) in [6, 6.07) is 1.97. The highest BCUT2D eigenvalue weighted by Gasteiger charge is 2.19. The van der Waals surface area contributed by atoms with E-state index in [9.17, 15) is 9.59 Å². The van der Waals surface area contributed by atoms with Crippen LogP contribution >= 0.6 is 38.6 Å². The second-order valence-electron chi connectivity index (χ2n) is 4.15. The first-order valence-corrected chi connectivity index (χ1v) is 8.67. The topological polar surface area (TPSA) is 59.5 Å². The molecule has 0 aliphatic heterocycles. The fraction of sp³-hybridized carbons (Fsp3) is 0.308. The Labute approximate surface area is 138 Å². The average molecular weight is 389 g/mol. The normalized spacial score (nSPS) is 10.4. The van der Waals surface area contributed by atoms with Crippen LogP contribution in [0, 0.1) is 0 Å². The average Bonchev–Trinajstić information content (AvgIpc) is 3.07. The number of ether oxygens (including phenoxy) is 1. The third kappa shape index (κ3) is 4.12. The number of hydrogen-bond donors (Lipinski definition) is 0. The number of esters is 1. The Bertz CT molecular complexity index is 653. The van der Waals surface area contributed by atoms with Crippen LogP contribution < -0.4 is 0 Å². The van der Waals surface area contributed by atoms with Crippen LogP contribution in [0.1, 0.15) is 32.1 Å². The highest BCUT2D eigenvalue weighted by Crippen LogP contribution is 2.21. The lowest BCUT2D eigenvalue weighted by molar-refractivity contribution is 0.0526. The third-order valence-electron chi connectivity index (χ3n) is 2.53. The molecule has 0 bridgehead atoms. The number of nitrogens with zero attached hydrogens (tertiary/aromatic N) is 2.